The summed E-state index contributed by atoms with van der Waals surface area (Å²) in [5.74, 6) is 1.41. The lowest BCUT2D eigenvalue weighted by Crippen LogP contribution is -2.30. The van der Waals surface area contributed by atoms with Gasteiger partial charge >= 0.3 is 0 Å². The molecule has 36 heavy (non-hydrogen) atoms. The minimum Gasteiger partial charge on any atom is -0.497 e. The summed E-state index contributed by atoms with van der Waals surface area (Å²) in [6.45, 7) is 4.28. The number of nitrogens with zero attached hydrogens (tertiary/aromatic N) is 3. The predicted octanol–water partition coefficient (Wildman–Crippen LogP) is 6.45. The van der Waals surface area contributed by atoms with Crippen LogP contribution in [0.25, 0.3) is 5.69 Å². The topological polar surface area (TPSA) is 51.5 Å². The van der Waals surface area contributed by atoms with Crippen molar-refractivity contribution in [3.63, 3.8) is 0 Å². The molecule has 0 saturated carbocycles. The average molecular weight is 564 g/mol. The lowest BCUT2D eigenvalue weighted by molar-refractivity contribution is 0.394. The molecule has 0 spiro atoms. The standard InChI is InChI=1S/C28H27BrN4O2S/c1-17-15-20(18(2)32(17)23-11-6-5-9-21(23)29)27-26(22-10-7-8-14-30-22)31-28(36)33(27)24-13-12-19(34-3)16-25(24)35-4/h5-16,26-27H,1-4H3,(H,31,36). The second-order valence-corrected chi connectivity index (χ2v) is 9.89. The van der Waals surface area contributed by atoms with Crippen molar-refractivity contribution in [2.75, 3.05) is 19.1 Å². The monoisotopic (exact) mass is 562 g/mol. The molecule has 1 fully saturated rings. The Hall–Kier alpha value is -3.36. The Morgan fingerprint density at radius 1 is 0.944 bits per heavy atom. The largest absolute Gasteiger partial charge is 0.497 e. The van der Waals surface area contributed by atoms with E-state index in [1.165, 1.54) is 0 Å². The Morgan fingerprint density at radius 3 is 2.42 bits per heavy atom. The molecule has 1 saturated heterocycles. The fourth-order valence-corrected chi connectivity index (χ4v) is 5.81. The summed E-state index contributed by atoms with van der Waals surface area (Å²) in [6, 6.07) is 22.0. The lowest BCUT2D eigenvalue weighted by Gasteiger charge is -2.29. The molecule has 2 aromatic carbocycles. The molecule has 184 valence electrons. The highest BCUT2D eigenvalue weighted by molar-refractivity contribution is 9.10. The van der Waals surface area contributed by atoms with Gasteiger partial charge in [-0.1, -0.05) is 18.2 Å². The number of ether oxygens (including phenoxy) is 2. The SMILES string of the molecule is COc1ccc(N2C(=S)NC(c3ccccn3)C2c2cc(C)n(-c3ccccc3Br)c2C)c(OC)c1. The van der Waals surface area contributed by atoms with Gasteiger partial charge in [-0.25, -0.2) is 0 Å². The summed E-state index contributed by atoms with van der Waals surface area (Å²) in [5, 5.41) is 4.16. The first-order valence-corrected chi connectivity index (χ1v) is 12.8. The summed E-state index contributed by atoms with van der Waals surface area (Å²) in [4.78, 5) is 6.82. The molecule has 4 aromatic rings. The maximum absolute atomic E-state index is 5.93. The first-order valence-electron chi connectivity index (χ1n) is 11.6. The number of halogens is 1. The van der Waals surface area contributed by atoms with E-state index in [1.807, 2.05) is 48.7 Å². The molecular formula is C28H27BrN4O2S. The molecule has 8 heteroatoms. The summed E-state index contributed by atoms with van der Waals surface area (Å²) in [6.07, 6.45) is 1.82. The third-order valence-corrected chi connectivity index (χ3v) is 7.61. The number of pyridine rings is 1. The number of anilines is 1. The van der Waals surface area contributed by atoms with Crippen LogP contribution in [-0.2, 0) is 0 Å². The zero-order valence-corrected chi connectivity index (χ0v) is 22.9. The van der Waals surface area contributed by atoms with Crippen LogP contribution in [-0.4, -0.2) is 28.9 Å². The van der Waals surface area contributed by atoms with Gasteiger partial charge in [0.1, 0.15) is 11.5 Å². The van der Waals surface area contributed by atoms with Crippen LogP contribution in [0.4, 0.5) is 5.69 Å². The van der Waals surface area contributed by atoms with Crippen LogP contribution in [0.2, 0.25) is 0 Å². The van der Waals surface area contributed by atoms with Crippen molar-refractivity contribution in [3.8, 4) is 17.2 Å². The first kappa shape index (κ1) is 24.3. The van der Waals surface area contributed by atoms with Crippen LogP contribution >= 0.6 is 28.1 Å². The van der Waals surface area contributed by atoms with Gasteiger partial charge in [-0.3, -0.25) is 4.98 Å². The normalized spacial score (nSPS) is 17.2. The number of aromatic nitrogens is 2. The molecule has 0 amide bonds. The van der Waals surface area contributed by atoms with E-state index in [2.05, 4.69) is 73.8 Å². The molecule has 2 unspecified atom stereocenters. The number of benzene rings is 2. The van der Waals surface area contributed by atoms with Gasteiger partial charge in [0.25, 0.3) is 0 Å². The van der Waals surface area contributed by atoms with Crippen molar-refractivity contribution in [2.24, 2.45) is 0 Å². The second-order valence-electron chi connectivity index (χ2n) is 8.65. The average Bonchev–Trinajstić information content (AvgIpc) is 3.39. The molecule has 2 aromatic heterocycles. The maximum Gasteiger partial charge on any atom is 0.174 e. The molecule has 0 radical (unpaired) electrons. The number of hydrogen-bond donors (Lipinski definition) is 1. The summed E-state index contributed by atoms with van der Waals surface area (Å²) in [5.41, 5.74) is 6.30. The Kier molecular flexibility index (Phi) is 6.73. The number of nitrogens with one attached hydrogen (secondary N) is 1. The smallest absolute Gasteiger partial charge is 0.174 e. The van der Waals surface area contributed by atoms with Crippen molar-refractivity contribution in [2.45, 2.75) is 25.9 Å². The minimum atomic E-state index is -0.155. The van der Waals surface area contributed by atoms with Crippen molar-refractivity contribution in [1.29, 1.82) is 0 Å². The van der Waals surface area contributed by atoms with Gasteiger partial charge in [-0.15, -0.1) is 0 Å². The molecule has 2 atom stereocenters. The molecule has 3 heterocycles. The zero-order valence-electron chi connectivity index (χ0n) is 20.5. The van der Waals surface area contributed by atoms with Crippen molar-refractivity contribution >= 4 is 38.9 Å². The van der Waals surface area contributed by atoms with E-state index in [-0.39, 0.29) is 12.1 Å². The van der Waals surface area contributed by atoms with E-state index in [0.717, 1.165) is 44.2 Å². The van der Waals surface area contributed by atoms with E-state index >= 15 is 0 Å². The minimum absolute atomic E-state index is 0.154. The highest BCUT2D eigenvalue weighted by atomic mass is 79.9. The van der Waals surface area contributed by atoms with Gasteiger partial charge in [0.15, 0.2) is 5.11 Å². The van der Waals surface area contributed by atoms with Crippen LogP contribution < -0.4 is 19.7 Å². The van der Waals surface area contributed by atoms with E-state index < -0.39 is 0 Å². The Bertz CT molecular complexity index is 1420. The number of hydrogen-bond acceptors (Lipinski definition) is 4. The fourth-order valence-electron chi connectivity index (χ4n) is 5.01. The Morgan fingerprint density at radius 2 is 1.72 bits per heavy atom. The first-order chi connectivity index (χ1) is 17.4. The number of aryl methyl sites for hydroxylation is 1. The molecule has 1 aliphatic rings. The highest BCUT2D eigenvalue weighted by Gasteiger charge is 2.43. The highest BCUT2D eigenvalue weighted by Crippen LogP contribution is 2.47. The van der Waals surface area contributed by atoms with Crippen LogP contribution in [0, 0.1) is 13.8 Å². The van der Waals surface area contributed by atoms with E-state index in [0.29, 0.717) is 10.9 Å². The predicted molar refractivity (Wildman–Crippen MR) is 150 cm³/mol. The van der Waals surface area contributed by atoms with Crippen molar-refractivity contribution < 1.29 is 9.47 Å². The third-order valence-electron chi connectivity index (χ3n) is 6.63. The van der Waals surface area contributed by atoms with Gasteiger partial charge < -0.3 is 24.3 Å². The van der Waals surface area contributed by atoms with Crippen LogP contribution in [0.1, 0.15) is 34.7 Å². The third kappa shape index (κ3) is 4.14. The van der Waals surface area contributed by atoms with Gasteiger partial charge in [-0.05, 0) is 90.0 Å². The van der Waals surface area contributed by atoms with Crippen LogP contribution in [0.3, 0.4) is 0 Å². The van der Waals surface area contributed by atoms with Gasteiger partial charge in [0.05, 0.1) is 43.4 Å². The zero-order chi connectivity index (χ0) is 25.4. The number of rotatable bonds is 6. The summed E-state index contributed by atoms with van der Waals surface area (Å²) < 4.78 is 14.5. The molecule has 5 rings (SSSR count). The summed E-state index contributed by atoms with van der Waals surface area (Å²) in [7, 11) is 3.31. The van der Waals surface area contributed by atoms with E-state index in [4.69, 9.17) is 21.7 Å². The van der Waals surface area contributed by atoms with Crippen molar-refractivity contribution in [3.05, 3.63) is 100 Å². The molecule has 1 aliphatic heterocycles. The summed E-state index contributed by atoms with van der Waals surface area (Å²) >= 11 is 9.66. The number of methoxy groups -OCH3 is 2. The van der Waals surface area contributed by atoms with Gasteiger partial charge in [-0.2, -0.15) is 0 Å². The molecule has 0 bridgehead atoms. The molecular weight excluding hydrogens is 536 g/mol. The maximum atomic E-state index is 5.93. The van der Waals surface area contributed by atoms with Crippen molar-refractivity contribution in [1.82, 2.24) is 14.9 Å². The Balaban J connectivity index is 1.71. The van der Waals surface area contributed by atoms with Gasteiger partial charge in [0, 0.05) is 28.1 Å². The molecule has 0 aliphatic carbocycles. The van der Waals surface area contributed by atoms with Crippen LogP contribution in [0.15, 0.2) is 77.4 Å². The molecule has 6 nitrogen and oxygen atoms in total. The number of thiocarbonyl (C=S) groups is 1. The second kappa shape index (κ2) is 9.95. The molecule has 1 N–H and O–H groups in total. The quantitative estimate of drug-likeness (QED) is 0.273. The van der Waals surface area contributed by atoms with E-state index in [9.17, 15) is 0 Å². The number of para-hydroxylation sites is 1. The van der Waals surface area contributed by atoms with Gasteiger partial charge in [0.2, 0.25) is 0 Å². The van der Waals surface area contributed by atoms with Crippen LogP contribution in [0.5, 0.6) is 11.5 Å². The Labute approximate surface area is 225 Å². The fraction of sp³-hybridized carbons (Fsp3) is 0.214. The lowest BCUT2D eigenvalue weighted by atomic mass is 9.96. The van der Waals surface area contributed by atoms with E-state index in [1.54, 1.807) is 14.2 Å².